The summed E-state index contributed by atoms with van der Waals surface area (Å²) in [4.78, 5) is 36.5. The lowest BCUT2D eigenvalue weighted by Crippen LogP contribution is -2.45. The highest BCUT2D eigenvalue weighted by Gasteiger charge is 2.60. The number of aromatic nitrogens is 2. The van der Waals surface area contributed by atoms with Gasteiger partial charge >= 0.3 is 19.8 Å². The first-order valence-corrected chi connectivity index (χ1v) is 11.2. The predicted octanol–water partition coefficient (Wildman–Crippen LogP) is 1.07. The van der Waals surface area contributed by atoms with Crippen LogP contribution in [0.15, 0.2) is 27.9 Å². The van der Waals surface area contributed by atoms with Crippen LogP contribution in [0.3, 0.4) is 0 Å². The van der Waals surface area contributed by atoms with Crippen LogP contribution in [0.4, 0.5) is 0 Å². The van der Waals surface area contributed by atoms with Gasteiger partial charge in [0, 0.05) is 17.3 Å². The number of hydrogen-bond acceptors (Lipinski definition) is 9. The summed E-state index contributed by atoms with van der Waals surface area (Å²) >= 11 is 0. The minimum Gasteiger partial charge on any atom is -0.346 e. The molecule has 3 heterocycles. The first-order chi connectivity index (χ1) is 14.5. The molecule has 168 valence electrons. The van der Waals surface area contributed by atoms with Crippen LogP contribution in [0.1, 0.15) is 41.3 Å². The molecule has 2 aliphatic rings. The van der Waals surface area contributed by atoms with Crippen LogP contribution in [0.5, 0.6) is 5.75 Å². The molecule has 2 aliphatic heterocycles. The molecule has 4 N–H and O–H groups in total. The van der Waals surface area contributed by atoms with Crippen LogP contribution in [-0.2, 0) is 20.4 Å². The van der Waals surface area contributed by atoms with Crippen molar-refractivity contribution in [3.8, 4) is 5.75 Å². The fraction of sp³-hybridized carbons (Fsp3) is 0.474. The van der Waals surface area contributed by atoms with Gasteiger partial charge in [0.25, 0.3) is 5.56 Å². The molecule has 0 spiro atoms. The van der Waals surface area contributed by atoms with Gasteiger partial charge in [0.1, 0.15) is 18.9 Å². The van der Waals surface area contributed by atoms with E-state index in [1.54, 1.807) is 6.92 Å². The molecule has 11 nitrogen and oxygen atoms in total. The molecule has 12 heteroatoms. The van der Waals surface area contributed by atoms with Gasteiger partial charge in [-0.3, -0.25) is 18.9 Å². The fourth-order valence-corrected chi connectivity index (χ4v) is 5.14. The van der Waals surface area contributed by atoms with Gasteiger partial charge in [0.05, 0.1) is 0 Å². The van der Waals surface area contributed by atoms with E-state index >= 15 is 0 Å². The largest absolute Gasteiger partial charge is 0.625 e. The van der Waals surface area contributed by atoms with Gasteiger partial charge < -0.3 is 14.9 Å². The third kappa shape index (κ3) is 4.31. The number of aliphatic hydroxyl groups is 2. The lowest BCUT2D eigenvalue weighted by molar-refractivity contribution is -0.351. The second-order valence-electron chi connectivity index (χ2n) is 7.79. The lowest BCUT2D eigenvalue weighted by Gasteiger charge is -2.30. The average molecular weight is 455 g/mol. The Bertz CT molecular complexity index is 1130. The van der Waals surface area contributed by atoms with Crippen LogP contribution in [0.25, 0.3) is 0 Å². The van der Waals surface area contributed by atoms with E-state index in [0.29, 0.717) is 16.9 Å². The van der Waals surface area contributed by atoms with Crippen LogP contribution in [0.2, 0.25) is 0 Å². The van der Waals surface area contributed by atoms with Crippen molar-refractivity contribution in [2.24, 2.45) is 0 Å². The number of H-pyrrole nitrogens is 1. The number of aryl methyl sites for hydroxylation is 3. The Morgan fingerprint density at radius 1 is 1.19 bits per heavy atom. The monoisotopic (exact) mass is 455 g/mol. The molecule has 1 aromatic heterocycles. The third-order valence-corrected chi connectivity index (χ3v) is 6.58. The van der Waals surface area contributed by atoms with Crippen LogP contribution in [-0.4, -0.2) is 36.7 Å². The predicted molar refractivity (Wildman–Crippen MR) is 108 cm³/mol. The van der Waals surface area contributed by atoms with Crippen LogP contribution >= 0.6 is 8.17 Å². The van der Waals surface area contributed by atoms with E-state index in [-0.39, 0.29) is 19.4 Å². The minimum atomic E-state index is -4.12. The van der Waals surface area contributed by atoms with Crippen molar-refractivity contribution < 1.29 is 33.4 Å². The number of benzene rings is 1. The van der Waals surface area contributed by atoms with Gasteiger partial charge in [-0.15, -0.1) is 4.52 Å². The molecule has 1 saturated heterocycles. The first kappa shape index (κ1) is 22.1. The molecule has 1 aromatic carbocycles. The maximum Gasteiger partial charge on any atom is 0.625 e. The van der Waals surface area contributed by atoms with Gasteiger partial charge in [0.15, 0.2) is 5.75 Å². The third-order valence-electron chi connectivity index (χ3n) is 5.21. The van der Waals surface area contributed by atoms with Crippen LogP contribution in [0, 0.1) is 20.8 Å². The molecule has 3 unspecified atom stereocenters. The van der Waals surface area contributed by atoms with Crippen LogP contribution < -0.4 is 15.8 Å². The molecule has 2 aromatic rings. The number of hydrogen-bond donors (Lipinski definition) is 4. The van der Waals surface area contributed by atoms with Gasteiger partial charge in [-0.25, -0.2) is 4.79 Å². The average Bonchev–Trinajstić information content (AvgIpc) is 3.16. The topological polar surface area (TPSA) is 152 Å². The summed E-state index contributed by atoms with van der Waals surface area (Å²) < 4.78 is 22.7. The Hall–Kier alpha value is -2.11. The Morgan fingerprint density at radius 3 is 2.68 bits per heavy atom. The van der Waals surface area contributed by atoms with Crippen molar-refractivity contribution in [2.45, 2.75) is 58.5 Å². The number of fused-ring (bicyclic) bond motifs is 1. The molecule has 31 heavy (non-hydrogen) atoms. The quantitative estimate of drug-likeness (QED) is 0.392. The number of nitrogens with zero attached hydrogens (tertiary/aromatic N) is 1. The number of nitrogens with one attached hydrogen (secondary N) is 1. The second-order valence-corrected chi connectivity index (χ2v) is 9.35. The normalized spacial score (nSPS) is 25.9. The van der Waals surface area contributed by atoms with Crippen molar-refractivity contribution in [3.63, 3.8) is 0 Å². The molecular formula is C19H24N2O9P+. The van der Waals surface area contributed by atoms with E-state index in [9.17, 15) is 24.7 Å². The summed E-state index contributed by atoms with van der Waals surface area (Å²) in [6.45, 7) is 5.21. The summed E-state index contributed by atoms with van der Waals surface area (Å²) in [5.41, 5.74) is 1.54. The van der Waals surface area contributed by atoms with Gasteiger partial charge in [-0.05, 0) is 45.2 Å². The Labute approximate surface area is 177 Å². The molecule has 3 atom stereocenters. The summed E-state index contributed by atoms with van der Waals surface area (Å²) in [5, 5.41) is 21.0. The summed E-state index contributed by atoms with van der Waals surface area (Å²) in [7, 11) is -4.12. The highest BCUT2D eigenvalue weighted by molar-refractivity contribution is 7.55. The van der Waals surface area contributed by atoms with Crippen molar-refractivity contribution in [1.29, 1.82) is 0 Å². The number of ether oxygens (including phenoxy) is 1. The first-order valence-electron chi connectivity index (χ1n) is 9.66. The Balaban J connectivity index is 1.50. The molecule has 0 amide bonds. The van der Waals surface area contributed by atoms with E-state index in [2.05, 4.69) is 4.98 Å². The van der Waals surface area contributed by atoms with E-state index in [4.69, 9.17) is 18.3 Å². The zero-order valence-electron chi connectivity index (χ0n) is 17.2. The molecule has 1 fully saturated rings. The lowest BCUT2D eigenvalue weighted by atomic mass is 10.1. The second kappa shape index (κ2) is 7.79. The van der Waals surface area contributed by atoms with E-state index < -0.39 is 37.7 Å². The van der Waals surface area contributed by atoms with E-state index in [1.807, 2.05) is 19.1 Å². The van der Waals surface area contributed by atoms with E-state index in [1.165, 1.54) is 13.1 Å². The van der Waals surface area contributed by atoms with Crippen molar-refractivity contribution >= 4 is 8.17 Å². The SMILES string of the molecule is Cc1cc(C)c2c(c1)CO[P+](O)(OC(O)(O)C1CCC(n3cc(C)c(=O)[nH]c3=O)O1)O2. The standard InChI is InChI=1S/C19H23N2O9P/c1-10-6-11(2)16-13(7-10)9-27-31(26,29-16)30-19(24,25)14-4-5-15(28-14)21-8-12(3)17(22)20-18(21)23/h6-8,14-15,24-26H,4-5,9H2,1-3H3/p+1. The summed E-state index contributed by atoms with van der Waals surface area (Å²) in [5.74, 6) is -2.59. The Kier molecular flexibility index (Phi) is 5.55. The number of aromatic amines is 1. The van der Waals surface area contributed by atoms with Crippen molar-refractivity contribution in [1.82, 2.24) is 9.55 Å². The molecule has 0 radical (unpaired) electrons. The summed E-state index contributed by atoms with van der Waals surface area (Å²) in [6, 6.07) is 3.69. The van der Waals surface area contributed by atoms with Crippen molar-refractivity contribution in [3.05, 3.63) is 61.4 Å². The van der Waals surface area contributed by atoms with Gasteiger partial charge in [0.2, 0.25) is 0 Å². The Morgan fingerprint density at radius 2 is 1.94 bits per heavy atom. The van der Waals surface area contributed by atoms with Gasteiger partial charge in [-0.1, -0.05) is 16.2 Å². The summed E-state index contributed by atoms with van der Waals surface area (Å²) in [6.07, 6.45) is -0.504. The highest BCUT2D eigenvalue weighted by atomic mass is 31.2. The molecular weight excluding hydrogens is 431 g/mol. The maximum atomic E-state index is 12.1. The maximum absolute atomic E-state index is 12.1. The van der Waals surface area contributed by atoms with Crippen molar-refractivity contribution in [2.75, 3.05) is 0 Å². The zero-order valence-corrected chi connectivity index (χ0v) is 18.1. The van der Waals surface area contributed by atoms with Gasteiger partial charge in [-0.2, -0.15) is 4.89 Å². The van der Waals surface area contributed by atoms with E-state index in [0.717, 1.165) is 15.7 Å². The highest BCUT2D eigenvalue weighted by Crippen LogP contribution is 2.64. The zero-order chi connectivity index (χ0) is 22.6. The molecule has 4 rings (SSSR count). The number of rotatable bonds is 4. The molecule has 0 aliphatic carbocycles. The smallest absolute Gasteiger partial charge is 0.346 e. The molecule has 0 saturated carbocycles. The minimum absolute atomic E-state index is 0.0294. The molecule has 0 bridgehead atoms. The fourth-order valence-electron chi connectivity index (χ4n) is 3.75.